The van der Waals surface area contributed by atoms with E-state index in [1.54, 1.807) is 0 Å². The molecular weight excluding hydrogens is 290 g/mol. The molecule has 0 aromatic heterocycles. The zero-order valence-corrected chi connectivity index (χ0v) is 14.8. The van der Waals surface area contributed by atoms with Crippen molar-refractivity contribution in [3.8, 4) is 0 Å². The Bertz CT molecular complexity index is 344. The Balaban J connectivity index is 1.46. The Hall–Kier alpha value is -0.850. The van der Waals surface area contributed by atoms with Gasteiger partial charge < -0.3 is 20.7 Å². The number of likely N-dealkylation sites (tertiary alicyclic amines) is 1. The zero-order chi connectivity index (χ0) is 16.3. The summed E-state index contributed by atoms with van der Waals surface area (Å²) in [6, 6.07) is 0. The molecule has 0 aliphatic carbocycles. The fourth-order valence-corrected chi connectivity index (χ4v) is 3.38. The van der Waals surface area contributed by atoms with E-state index in [0.29, 0.717) is 5.96 Å². The number of morpholine rings is 1. The van der Waals surface area contributed by atoms with Gasteiger partial charge in [-0.05, 0) is 51.2 Å². The second kappa shape index (κ2) is 10.8. The fourth-order valence-electron chi connectivity index (χ4n) is 3.38. The van der Waals surface area contributed by atoms with E-state index in [0.717, 1.165) is 71.2 Å². The number of nitrogens with zero attached hydrogens (tertiary/aromatic N) is 3. The number of rotatable bonds is 8. The summed E-state index contributed by atoms with van der Waals surface area (Å²) in [6.07, 6.45) is 4.93. The van der Waals surface area contributed by atoms with Crippen molar-refractivity contribution in [2.24, 2.45) is 16.6 Å². The molecule has 2 aliphatic heterocycles. The van der Waals surface area contributed by atoms with Crippen LogP contribution >= 0.6 is 0 Å². The maximum absolute atomic E-state index is 5.93. The van der Waals surface area contributed by atoms with Gasteiger partial charge in [-0.25, -0.2) is 0 Å². The fraction of sp³-hybridized carbons (Fsp3) is 0.941. The van der Waals surface area contributed by atoms with E-state index in [2.05, 4.69) is 27.0 Å². The SMILES string of the molecule is CC1CCCN(CCCN=C(N)NCCCN2CCOCC2)C1. The highest BCUT2D eigenvalue weighted by Crippen LogP contribution is 2.15. The lowest BCUT2D eigenvalue weighted by Crippen LogP contribution is -2.39. The molecule has 2 fully saturated rings. The van der Waals surface area contributed by atoms with E-state index in [4.69, 9.17) is 10.5 Å². The maximum Gasteiger partial charge on any atom is 0.188 e. The lowest BCUT2D eigenvalue weighted by molar-refractivity contribution is 0.0376. The molecule has 0 aromatic rings. The number of aliphatic imine (C=N–C) groups is 1. The van der Waals surface area contributed by atoms with Crippen molar-refractivity contribution in [1.29, 1.82) is 0 Å². The topological polar surface area (TPSA) is 66.1 Å². The molecule has 6 heteroatoms. The molecule has 0 aromatic carbocycles. The predicted octanol–water partition coefficient (Wildman–Crippen LogP) is 0.735. The summed E-state index contributed by atoms with van der Waals surface area (Å²) in [4.78, 5) is 9.44. The van der Waals surface area contributed by atoms with Gasteiger partial charge in [0, 0.05) is 32.7 Å². The Labute approximate surface area is 141 Å². The first-order chi connectivity index (χ1) is 11.2. The van der Waals surface area contributed by atoms with E-state index in [1.807, 2.05) is 0 Å². The minimum absolute atomic E-state index is 0.596. The second-order valence-corrected chi connectivity index (χ2v) is 6.90. The van der Waals surface area contributed by atoms with Crippen molar-refractivity contribution in [3.63, 3.8) is 0 Å². The van der Waals surface area contributed by atoms with Gasteiger partial charge in [0.05, 0.1) is 13.2 Å². The van der Waals surface area contributed by atoms with Crippen LogP contribution in [0.25, 0.3) is 0 Å². The van der Waals surface area contributed by atoms with Crippen LogP contribution in [-0.4, -0.2) is 81.3 Å². The minimum Gasteiger partial charge on any atom is -0.379 e. The Kier molecular flexibility index (Phi) is 8.71. The van der Waals surface area contributed by atoms with Gasteiger partial charge in [-0.2, -0.15) is 0 Å². The average molecular weight is 326 g/mol. The summed E-state index contributed by atoms with van der Waals surface area (Å²) in [7, 11) is 0. The van der Waals surface area contributed by atoms with Crippen LogP contribution in [0, 0.1) is 5.92 Å². The van der Waals surface area contributed by atoms with Crippen molar-refractivity contribution in [2.45, 2.75) is 32.6 Å². The molecule has 0 bridgehead atoms. The summed E-state index contributed by atoms with van der Waals surface area (Å²) < 4.78 is 5.35. The molecule has 1 atom stereocenters. The molecule has 2 rings (SSSR count). The predicted molar refractivity (Wildman–Crippen MR) is 95.8 cm³/mol. The molecule has 2 heterocycles. The summed E-state index contributed by atoms with van der Waals surface area (Å²) in [6.45, 7) is 12.7. The van der Waals surface area contributed by atoms with Crippen LogP contribution in [0.2, 0.25) is 0 Å². The van der Waals surface area contributed by atoms with E-state index in [9.17, 15) is 0 Å². The highest BCUT2D eigenvalue weighted by atomic mass is 16.5. The molecule has 0 radical (unpaired) electrons. The number of guanidine groups is 1. The molecule has 2 aliphatic rings. The number of piperidine rings is 1. The Morgan fingerprint density at radius 2 is 1.96 bits per heavy atom. The van der Waals surface area contributed by atoms with Crippen LogP contribution in [0.5, 0.6) is 0 Å². The largest absolute Gasteiger partial charge is 0.379 e. The third-order valence-corrected chi connectivity index (χ3v) is 4.72. The van der Waals surface area contributed by atoms with Gasteiger partial charge in [0.15, 0.2) is 5.96 Å². The third-order valence-electron chi connectivity index (χ3n) is 4.72. The van der Waals surface area contributed by atoms with E-state index >= 15 is 0 Å². The quantitative estimate of drug-likeness (QED) is 0.391. The van der Waals surface area contributed by atoms with Gasteiger partial charge in [-0.1, -0.05) is 6.92 Å². The third kappa shape index (κ3) is 7.99. The van der Waals surface area contributed by atoms with Crippen molar-refractivity contribution in [1.82, 2.24) is 15.1 Å². The highest BCUT2D eigenvalue weighted by molar-refractivity contribution is 5.77. The van der Waals surface area contributed by atoms with Crippen molar-refractivity contribution >= 4 is 5.96 Å². The average Bonchev–Trinajstić information content (AvgIpc) is 2.57. The van der Waals surface area contributed by atoms with E-state index in [1.165, 1.54) is 25.9 Å². The number of hydrogen-bond acceptors (Lipinski definition) is 4. The van der Waals surface area contributed by atoms with E-state index in [-0.39, 0.29) is 0 Å². The first kappa shape index (κ1) is 18.5. The van der Waals surface area contributed by atoms with Gasteiger partial charge in [0.25, 0.3) is 0 Å². The maximum atomic E-state index is 5.93. The number of ether oxygens (including phenoxy) is 1. The zero-order valence-electron chi connectivity index (χ0n) is 14.8. The van der Waals surface area contributed by atoms with Gasteiger partial charge >= 0.3 is 0 Å². The second-order valence-electron chi connectivity index (χ2n) is 6.90. The van der Waals surface area contributed by atoms with Crippen LogP contribution < -0.4 is 11.1 Å². The molecule has 1 unspecified atom stereocenters. The molecule has 0 spiro atoms. The summed E-state index contributed by atoms with van der Waals surface area (Å²) in [5.74, 6) is 1.45. The minimum atomic E-state index is 0.596. The van der Waals surface area contributed by atoms with E-state index < -0.39 is 0 Å². The molecule has 134 valence electrons. The molecule has 2 saturated heterocycles. The van der Waals surface area contributed by atoms with Crippen molar-refractivity contribution in [3.05, 3.63) is 0 Å². The first-order valence-corrected chi connectivity index (χ1v) is 9.30. The molecule has 3 N–H and O–H groups in total. The van der Waals surface area contributed by atoms with Crippen LogP contribution in [0.1, 0.15) is 32.6 Å². The van der Waals surface area contributed by atoms with Crippen LogP contribution in [0.3, 0.4) is 0 Å². The van der Waals surface area contributed by atoms with Crippen molar-refractivity contribution < 1.29 is 4.74 Å². The van der Waals surface area contributed by atoms with Crippen LogP contribution in [0.15, 0.2) is 4.99 Å². The normalized spacial score (nSPS) is 24.7. The molecule has 0 amide bonds. The Morgan fingerprint density at radius 3 is 2.74 bits per heavy atom. The van der Waals surface area contributed by atoms with Crippen molar-refractivity contribution in [2.75, 3.05) is 65.6 Å². The standard InChI is InChI=1S/C17H35N5O/c1-16-5-2-8-22(15-16)10-4-7-20-17(18)19-6-3-9-21-11-13-23-14-12-21/h16H,2-15H2,1H3,(H3,18,19,20). The number of hydrogen-bond donors (Lipinski definition) is 2. The first-order valence-electron chi connectivity index (χ1n) is 9.30. The Morgan fingerprint density at radius 1 is 1.17 bits per heavy atom. The number of nitrogens with one attached hydrogen (secondary N) is 1. The lowest BCUT2D eigenvalue weighted by atomic mass is 10.0. The van der Waals surface area contributed by atoms with Crippen LogP contribution in [0.4, 0.5) is 0 Å². The molecule has 23 heavy (non-hydrogen) atoms. The van der Waals surface area contributed by atoms with Gasteiger partial charge in [-0.15, -0.1) is 0 Å². The van der Waals surface area contributed by atoms with Gasteiger partial charge in [0.2, 0.25) is 0 Å². The highest BCUT2D eigenvalue weighted by Gasteiger charge is 2.15. The number of nitrogens with two attached hydrogens (primary N) is 1. The van der Waals surface area contributed by atoms with Crippen LogP contribution in [-0.2, 0) is 4.74 Å². The molecule has 6 nitrogen and oxygen atoms in total. The van der Waals surface area contributed by atoms with Gasteiger partial charge in [0.1, 0.15) is 0 Å². The van der Waals surface area contributed by atoms with Gasteiger partial charge in [-0.3, -0.25) is 9.89 Å². The molecular formula is C17H35N5O. The molecule has 0 saturated carbocycles. The smallest absolute Gasteiger partial charge is 0.188 e. The monoisotopic (exact) mass is 325 g/mol. The lowest BCUT2D eigenvalue weighted by Gasteiger charge is -2.30. The summed E-state index contributed by atoms with van der Waals surface area (Å²) in [5.41, 5.74) is 5.93. The summed E-state index contributed by atoms with van der Waals surface area (Å²) in [5, 5.41) is 3.22. The summed E-state index contributed by atoms with van der Waals surface area (Å²) >= 11 is 0.